The maximum absolute atomic E-state index is 13.6. The van der Waals surface area contributed by atoms with E-state index in [2.05, 4.69) is 20.8 Å². The highest BCUT2D eigenvalue weighted by molar-refractivity contribution is 5.87. The van der Waals surface area contributed by atoms with Crippen LogP contribution in [0.15, 0.2) is 12.2 Å². The molecule has 1 rings (SSSR count). The highest BCUT2D eigenvalue weighted by Crippen LogP contribution is 2.38. The Kier molecular flexibility index (Phi) is 7.58. The molecule has 1 aliphatic rings. The van der Waals surface area contributed by atoms with Gasteiger partial charge in [-0.05, 0) is 19.8 Å². The number of alkyl halides is 4. The van der Waals surface area contributed by atoms with Gasteiger partial charge in [0.1, 0.15) is 13.2 Å². The molecule has 0 aromatic carbocycles. The lowest BCUT2D eigenvalue weighted by Gasteiger charge is -2.27. The smallest absolute Gasteiger partial charge is 0.459 e. The van der Waals surface area contributed by atoms with Crippen LogP contribution in [0.4, 0.5) is 17.6 Å². The van der Waals surface area contributed by atoms with E-state index in [0.29, 0.717) is 12.8 Å². The Morgan fingerprint density at radius 3 is 2.08 bits per heavy atom. The number of esters is 3. The molecule has 0 atom stereocenters. The van der Waals surface area contributed by atoms with E-state index in [0.717, 1.165) is 6.42 Å². The lowest BCUT2D eigenvalue weighted by Crippen LogP contribution is -2.51. The molecule has 0 N–H and O–H groups in total. The highest BCUT2D eigenvalue weighted by atomic mass is 19.3. The van der Waals surface area contributed by atoms with Crippen molar-refractivity contribution in [3.63, 3.8) is 0 Å². The number of hydrogen-bond acceptors (Lipinski definition) is 6. The van der Waals surface area contributed by atoms with Crippen LogP contribution in [0.3, 0.4) is 0 Å². The largest absolute Gasteiger partial charge is 0.478 e. The second-order valence-corrected chi connectivity index (χ2v) is 5.90. The lowest BCUT2D eigenvalue weighted by molar-refractivity contribution is -0.326. The van der Waals surface area contributed by atoms with Crippen LogP contribution in [-0.4, -0.2) is 43.2 Å². The number of carbonyl (C=O) groups is 3. The molecule has 0 amide bonds. The molecule has 0 aliphatic heterocycles. The van der Waals surface area contributed by atoms with Crippen molar-refractivity contribution in [3.8, 4) is 0 Å². The Hall–Kier alpha value is -2.13. The summed E-state index contributed by atoms with van der Waals surface area (Å²) < 4.78 is 66.5. The summed E-state index contributed by atoms with van der Waals surface area (Å²) in [4.78, 5) is 33.9. The fourth-order valence-corrected chi connectivity index (χ4v) is 2.21. The van der Waals surface area contributed by atoms with Crippen molar-refractivity contribution in [2.45, 2.75) is 51.1 Å². The normalized spacial score (nSPS) is 15.9. The predicted octanol–water partition coefficient (Wildman–Crippen LogP) is 3.00. The minimum atomic E-state index is -5.38. The van der Waals surface area contributed by atoms with Gasteiger partial charge in [0.15, 0.2) is 0 Å². The van der Waals surface area contributed by atoms with E-state index < -0.39 is 49.1 Å². The Bertz CT molecular complexity index is 555. The molecule has 0 radical (unpaired) electrons. The van der Waals surface area contributed by atoms with E-state index in [4.69, 9.17) is 0 Å². The van der Waals surface area contributed by atoms with Gasteiger partial charge in [-0.3, -0.25) is 4.79 Å². The summed E-state index contributed by atoms with van der Waals surface area (Å²) in [5.74, 6) is -11.2. The van der Waals surface area contributed by atoms with Gasteiger partial charge >= 0.3 is 29.9 Å². The van der Waals surface area contributed by atoms with Crippen molar-refractivity contribution >= 4 is 17.9 Å². The van der Waals surface area contributed by atoms with Crippen LogP contribution in [0.25, 0.3) is 0 Å². The molecule has 6 nitrogen and oxygen atoms in total. The Balaban J connectivity index is 2.56. The topological polar surface area (TPSA) is 78.9 Å². The number of hydrogen-bond donors (Lipinski definition) is 0. The van der Waals surface area contributed by atoms with Crippen molar-refractivity contribution in [2.75, 3.05) is 13.2 Å². The summed E-state index contributed by atoms with van der Waals surface area (Å²) in [5.41, 5.74) is 0.0165. The maximum Gasteiger partial charge on any atom is 0.478 e. The van der Waals surface area contributed by atoms with Crippen LogP contribution < -0.4 is 0 Å². The van der Waals surface area contributed by atoms with Gasteiger partial charge in [-0.25, -0.2) is 9.59 Å². The number of halogens is 4. The molecule has 0 heterocycles. The molecule has 1 fully saturated rings. The van der Waals surface area contributed by atoms with Crippen molar-refractivity contribution in [1.82, 2.24) is 0 Å². The van der Waals surface area contributed by atoms with E-state index in [1.54, 1.807) is 0 Å². The zero-order valence-electron chi connectivity index (χ0n) is 14.2. The maximum atomic E-state index is 13.6. The molecular weight excluding hydrogens is 364 g/mol. The minimum Gasteiger partial charge on any atom is -0.459 e. The van der Waals surface area contributed by atoms with Crippen LogP contribution in [0, 0.1) is 5.92 Å². The van der Waals surface area contributed by atoms with Crippen LogP contribution in [0.5, 0.6) is 0 Å². The summed E-state index contributed by atoms with van der Waals surface area (Å²) >= 11 is 0. The van der Waals surface area contributed by atoms with Crippen LogP contribution in [0.1, 0.15) is 39.0 Å². The molecule has 0 bridgehead atoms. The van der Waals surface area contributed by atoms with Gasteiger partial charge in [0.05, 0.1) is 5.92 Å². The predicted molar refractivity (Wildman–Crippen MR) is 79.3 cm³/mol. The van der Waals surface area contributed by atoms with Gasteiger partial charge in [0.2, 0.25) is 0 Å². The first-order valence-corrected chi connectivity index (χ1v) is 7.97. The van der Waals surface area contributed by atoms with Crippen molar-refractivity contribution in [3.05, 3.63) is 12.2 Å². The molecule has 1 aliphatic carbocycles. The molecular formula is C16H20F4O6. The Morgan fingerprint density at radius 2 is 1.54 bits per heavy atom. The minimum absolute atomic E-state index is 0.0165. The van der Waals surface area contributed by atoms with Crippen LogP contribution >= 0.6 is 0 Å². The molecule has 1 saturated carbocycles. The van der Waals surface area contributed by atoms with Gasteiger partial charge in [-0.1, -0.05) is 25.8 Å². The summed E-state index contributed by atoms with van der Waals surface area (Å²) in [6.07, 6.45) is -2.80. The molecule has 0 aromatic rings. The van der Waals surface area contributed by atoms with Crippen LogP contribution in [-0.2, 0) is 28.6 Å². The fourth-order valence-electron chi connectivity index (χ4n) is 2.21. The Labute approximate surface area is 147 Å². The van der Waals surface area contributed by atoms with Crippen molar-refractivity contribution < 1.29 is 46.2 Å². The quantitative estimate of drug-likeness (QED) is 0.210. The average molecular weight is 384 g/mol. The van der Waals surface area contributed by atoms with E-state index >= 15 is 0 Å². The summed E-state index contributed by atoms with van der Waals surface area (Å²) in [5, 5.41) is 0. The number of carbonyl (C=O) groups excluding carboxylic acids is 3. The van der Waals surface area contributed by atoms with Gasteiger partial charge < -0.3 is 14.2 Å². The third kappa shape index (κ3) is 5.70. The third-order valence-corrected chi connectivity index (χ3v) is 3.69. The lowest BCUT2D eigenvalue weighted by atomic mass is 9.89. The summed E-state index contributed by atoms with van der Waals surface area (Å²) in [6.45, 7) is 3.08. The molecule has 10 heteroatoms. The molecule has 0 saturated heterocycles. The molecule has 26 heavy (non-hydrogen) atoms. The summed E-state index contributed by atoms with van der Waals surface area (Å²) in [7, 11) is 0. The first-order valence-electron chi connectivity index (χ1n) is 7.97. The van der Waals surface area contributed by atoms with Crippen molar-refractivity contribution in [1.29, 1.82) is 0 Å². The Morgan fingerprint density at radius 1 is 1.00 bits per heavy atom. The van der Waals surface area contributed by atoms with E-state index in [9.17, 15) is 31.9 Å². The monoisotopic (exact) mass is 384 g/mol. The fraction of sp³-hybridized carbons (Fsp3) is 0.688. The highest BCUT2D eigenvalue weighted by Gasteiger charge is 2.67. The molecule has 148 valence electrons. The molecule has 0 aromatic heterocycles. The van der Waals surface area contributed by atoms with Crippen molar-refractivity contribution in [2.24, 2.45) is 5.92 Å². The van der Waals surface area contributed by atoms with Gasteiger partial charge in [-0.15, -0.1) is 0 Å². The van der Waals surface area contributed by atoms with E-state index in [1.807, 2.05) is 0 Å². The summed E-state index contributed by atoms with van der Waals surface area (Å²) in [6, 6.07) is 0. The number of rotatable bonds is 8. The number of ether oxygens (including phenoxy) is 3. The third-order valence-electron chi connectivity index (χ3n) is 3.69. The second-order valence-electron chi connectivity index (χ2n) is 5.90. The van der Waals surface area contributed by atoms with E-state index in [-0.39, 0.29) is 18.4 Å². The first-order chi connectivity index (χ1) is 12.0. The van der Waals surface area contributed by atoms with E-state index in [1.165, 1.54) is 6.92 Å². The molecule has 0 spiro atoms. The zero-order valence-corrected chi connectivity index (χ0v) is 14.2. The van der Waals surface area contributed by atoms with Gasteiger partial charge in [0, 0.05) is 5.57 Å². The average Bonchev–Trinajstić information content (AvgIpc) is 2.58. The first kappa shape index (κ1) is 21.9. The molecule has 0 unspecified atom stereocenters. The standard InChI is InChI=1S/C16H20F4O6/c1-10(2)12(21)24-8-9-25-14(23)15(17,18)16(19,20)26-13(22)11-6-4-3-5-7-11/h11H,1,3-9H2,2H3. The SMILES string of the molecule is C=C(C)C(=O)OCCOC(=O)C(F)(F)C(F)(F)OC(=O)C1CCCCC1. The zero-order chi connectivity index (χ0) is 20.0. The van der Waals surface area contributed by atoms with Crippen LogP contribution in [0.2, 0.25) is 0 Å². The second kappa shape index (κ2) is 9.00. The van der Waals surface area contributed by atoms with Gasteiger partial charge in [0.25, 0.3) is 0 Å². The van der Waals surface area contributed by atoms with Gasteiger partial charge in [-0.2, -0.15) is 17.6 Å².